The molecule has 1 saturated heterocycles. The summed E-state index contributed by atoms with van der Waals surface area (Å²) in [6.07, 6.45) is 0. The van der Waals surface area contributed by atoms with Crippen LogP contribution in [0.15, 0.2) is 0 Å². The Hall–Kier alpha value is -2.81. The largest absolute Gasteiger partial charge is 0.480 e. The van der Waals surface area contributed by atoms with Crippen molar-refractivity contribution < 1.29 is 43.6 Å². The Balaban J connectivity index is 3.06. The van der Waals surface area contributed by atoms with E-state index in [1.807, 2.05) is 0 Å². The summed E-state index contributed by atoms with van der Waals surface area (Å²) in [5, 5.41) is 13.4. The van der Waals surface area contributed by atoms with Gasteiger partial charge in [0.15, 0.2) is 0 Å². The zero-order valence-electron chi connectivity index (χ0n) is 21.1. The maximum Gasteiger partial charge on any atom is 0.323 e. The predicted octanol–water partition coefficient (Wildman–Crippen LogP) is -1.04. The molecule has 1 N–H and O–H groups in total. The van der Waals surface area contributed by atoms with Crippen LogP contribution in [-0.4, -0.2) is 131 Å². The number of carboxylic acids is 1. The monoisotopic (exact) mass is 503 g/mol. The molecule has 0 aromatic carbocycles. The summed E-state index contributed by atoms with van der Waals surface area (Å²) in [6, 6.07) is -0.312. The fourth-order valence-corrected chi connectivity index (χ4v) is 3.36. The van der Waals surface area contributed by atoms with Crippen LogP contribution in [0.5, 0.6) is 0 Å². The van der Waals surface area contributed by atoms with Gasteiger partial charge in [-0.05, 0) is 13.8 Å². The van der Waals surface area contributed by atoms with Gasteiger partial charge in [-0.3, -0.25) is 28.9 Å². The Morgan fingerprint density at radius 1 is 0.714 bits per heavy atom. The van der Waals surface area contributed by atoms with Crippen molar-refractivity contribution >= 4 is 29.8 Å². The zero-order valence-corrected chi connectivity index (χ0v) is 21.1. The van der Waals surface area contributed by atoms with E-state index < -0.39 is 30.4 Å². The molecule has 0 aliphatic carbocycles. The summed E-state index contributed by atoms with van der Waals surface area (Å²) in [5.74, 6) is -3.04. The van der Waals surface area contributed by atoms with Gasteiger partial charge in [-0.1, -0.05) is 0 Å². The van der Waals surface area contributed by atoms with E-state index in [1.165, 1.54) is 40.9 Å². The number of hydrogen-bond acceptors (Lipinski definition) is 12. The van der Waals surface area contributed by atoms with E-state index in [-0.39, 0.29) is 57.8 Å². The molecule has 200 valence electrons. The van der Waals surface area contributed by atoms with Gasteiger partial charge >= 0.3 is 23.9 Å². The molecule has 14 nitrogen and oxygen atoms in total. The molecule has 1 amide bonds. The third-order valence-electron chi connectivity index (χ3n) is 4.91. The summed E-state index contributed by atoms with van der Waals surface area (Å²) < 4.78 is 0. The third kappa shape index (κ3) is 13.0. The van der Waals surface area contributed by atoms with Crippen LogP contribution in [0, 0.1) is 0 Å². The number of nitrogens with zero attached hydrogens (tertiary/aromatic N) is 5. The zero-order chi connectivity index (χ0) is 26.5. The highest BCUT2D eigenvalue weighted by Gasteiger charge is 2.25. The van der Waals surface area contributed by atoms with Gasteiger partial charge in [0.05, 0.1) is 32.7 Å². The maximum absolute atomic E-state index is 12.9. The molecule has 1 rings (SSSR count). The molecule has 0 saturated carbocycles. The number of carbonyl (C=O) groups excluding carboxylic acids is 4. The van der Waals surface area contributed by atoms with Crippen LogP contribution in [0.25, 0.3) is 0 Å². The molecule has 0 unspecified atom stereocenters. The number of rotatable bonds is 8. The molecular weight excluding hydrogens is 466 g/mol. The number of hydroxylamine groups is 6. The van der Waals surface area contributed by atoms with Crippen molar-refractivity contribution in [2.75, 3.05) is 65.4 Å². The molecule has 1 heterocycles. The fraction of sp³-hybridized carbons (Fsp3) is 0.762. The molecule has 0 aromatic rings. The Morgan fingerprint density at radius 2 is 1.06 bits per heavy atom. The number of hydrogen-bond donors (Lipinski definition) is 1. The molecule has 0 bridgehead atoms. The van der Waals surface area contributed by atoms with Crippen molar-refractivity contribution in [3.8, 4) is 0 Å². The Morgan fingerprint density at radius 3 is 1.34 bits per heavy atom. The Labute approximate surface area is 205 Å². The lowest BCUT2D eigenvalue weighted by molar-refractivity contribution is -0.217. The predicted molar refractivity (Wildman–Crippen MR) is 121 cm³/mol. The van der Waals surface area contributed by atoms with Crippen LogP contribution in [-0.2, 0) is 38.5 Å². The molecule has 14 heteroatoms. The van der Waals surface area contributed by atoms with Gasteiger partial charge in [0.25, 0.3) is 0 Å². The summed E-state index contributed by atoms with van der Waals surface area (Å²) >= 11 is 0. The smallest absolute Gasteiger partial charge is 0.323 e. The summed E-state index contributed by atoms with van der Waals surface area (Å²) in [6.45, 7) is 8.65. The minimum atomic E-state index is -1.11. The topological polar surface area (TPSA) is 149 Å². The van der Waals surface area contributed by atoms with Gasteiger partial charge < -0.3 is 24.5 Å². The summed E-state index contributed by atoms with van der Waals surface area (Å²) in [5.41, 5.74) is 0. The van der Waals surface area contributed by atoms with Crippen molar-refractivity contribution in [1.82, 2.24) is 25.0 Å². The van der Waals surface area contributed by atoms with Gasteiger partial charge in [0.2, 0.25) is 5.91 Å². The number of aliphatic carboxylic acids is 1. The van der Waals surface area contributed by atoms with Crippen LogP contribution >= 0.6 is 0 Å². The van der Waals surface area contributed by atoms with Crippen LogP contribution < -0.4 is 0 Å². The van der Waals surface area contributed by atoms with Crippen LogP contribution in [0.3, 0.4) is 0 Å². The average molecular weight is 504 g/mol. The van der Waals surface area contributed by atoms with E-state index in [1.54, 1.807) is 18.7 Å². The quantitative estimate of drug-likeness (QED) is 0.430. The Bertz CT molecular complexity index is 717. The lowest BCUT2D eigenvalue weighted by Gasteiger charge is -2.33. The Kier molecular flexibility index (Phi) is 13.2. The molecule has 0 atom stereocenters. The number of carbonyl (C=O) groups is 5. The van der Waals surface area contributed by atoms with Crippen molar-refractivity contribution in [3.05, 3.63) is 0 Å². The van der Waals surface area contributed by atoms with E-state index in [2.05, 4.69) is 0 Å². The maximum atomic E-state index is 12.9. The highest BCUT2D eigenvalue weighted by atomic mass is 16.7. The minimum absolute atomic E-state index is 0.0765. The van der Waals surface area contributed by atoms with Gasteiger partial charge in [0.1, 0.15) is 6.54 Å². The van der Waals surface area contributed by atoms with Gasteiger partial charge in [0, 0.05) is 53.0 Å². The molecule has 1 aliphatic rings. The van der Waals surface area contributed by atoms with Gasteiger partial charge in [-0.2, -0.15) is 0 Å². The second-order valence-corrected chi connectivity index (χ2v) is 8.32. The second kappa shape index (κ2) is 15.2. The fourth-order valence-electron chi connectivity index (χ4n) is 3.36. The first-order chi connectivity index (χ1) is 16.4. The van der Waals surface area contributed by atoms with Crippen molar-refractivity contribution in [1.29, 1.82) is 0 Å². The summed E-state index contributed by atoms with van der Waals surface area (Å²) in [4.78, 5) is 77.5. The van der Waals surface area contributed by atoms with Gasteiger partial charge in [-0.15, -0.1) is 15.2 Å². The van der Waals surface area contributed by atoms with E-state index >= 15 is 0 Å². The SMILES string of the molecule is CC(=O)ON1CCN(CC(=O)N(CC(=O)O)C(C)C)CCN(OC(C)=O)CCN(OC(C)=O)CC1. The highest BCUT2D eigenvalue weighted by molar-refractivity contribution is 5.83. The molecule has 0 spiro atoms. The van der Waals surface area contributed by atoms with E-state index in [4.69, 9.17) is 19.6 Å². The van der Waals surface area contributed by atoms with E-state index in [0.29, 0.717) is 13.1 Å². The molecule has 35 heavy (non-hydrogen) atoms. The van der Waals surface area contributed by atoms with Crippen molar-refractivity contribution in [3.63, 3.8) is 0 Å². The number of amides is 1. The second-order valence-electron chi connectivity index (χ2n) is 8.32. The standard InChI is InChI=1S/C21H37N5O9/c1-16(2)26(15-21(31)32)20(30)14-22-6-8-23(33-17(3)27)10-12-25(35-19(5)29)13-11-24(9-7-22)34-18(4)28/h16H,6-15H2,1-5H3,(H,31,32). The van der Waals surface area contributed by atoms with E-state index in [9.17, 15) is 24.0 Å². The average Bonchev–Trinajstić information content (AvgIpc) is 2.72. The summed E-state index contributed by atoms with van der Waals surface area (Å²) in [7, 11) is 0. The first kappa shape index (κ1) is 30.2. The molecule has 1 fully saturated rings. The van der Waals surface area contributed by atoms with Crippen molar-refractivity contribution in [2.45, 2.75) is 40.7 Å². The first-order valence-electron chi connectivity index (χ1n) is 11.4. The number of carboxylic acid groups (broad SMARTS) is 1. The lowest BCUT2D eigenvalue weighted by Crippen LogP contribution is -2.50. The minimum Gasteiger partial charge on any atom is -0.480 e. The third-order valence-corrected chi connectivity index (χ3v) is 4.91. The molecule has 1 aliphatic heterocycles. The van der Waals surface area contributed by atoms with Crippen LogP contribution in [0.2, 0.25) is 0 Å². The normalized spacial score (nSPS) is 17.7. The van der Waals surface area contributed by atoms with Crippen LogP contribution in [0.1, 0.15) is 34.6 Å². The molecule has 0 radical (unpaired) electrons. The first-order valence-corrected chi connectivity index (χ1v) is 11.4. The van der Waals surface area contributed by atoms with Gasteiger partial charge in [-0.25, -0.2) is 0 Å². The molecule has 0 aromatic heterocycles. The van der Waals surface area contributed by atoms with E-state index in [0.717, 1.165) is 0 Å². The van der Waals surface area contributed by atoms with Crippen molar-refractivity contribution in [2.24, 2.45) is 0 Å². The molecular formula is C21H37N5O9. The highest BCUT2D eigenvalue weighted by Crippen LogP contribution is 2.06. The lowest BCUT2D eigenvalue weighted by atomic mass is 10.3. The van der Waals surface area contributed by atoms with Crippen LogP contribution in [0.4, 0.5) is 0 Å².